The first kappa shape index (κ1) is 20.1. The molecule has 29 heavy (non-hydrogen) atoms. The summed E-state index contributed by atoms with van der Waals surface area (Å²) in [5.74, 6) is -2.01. The maximum atomic E-state index is 13.3. The monoisotopic (exact) mass is 398 g/mol. The minimum Gasteiger partial charge on any atom is -0.463 e. The summed E-state index contributed by atoms with van der Waals surface area (Å²) in [5.41, 5.74) is 0.915. The van der Waals surface area contributed by atoms with Crippen molar-refractivity contribution in [2.45, 2.75) is 13.0 Å². The molecule has 0 aromatic heterocycles. The molecule has 0 bridgehead atoms. The summed E-state index contributed by atoms with van der Waals surface area (Å²) in [7, 11) is 0. The molecule has 3 rings (SSSR count). The maximum absolute atomic E-state index is 13.3. The second-order valence-corrected chi connectivity index (χ2v) is 6.14. The van der Waals surface area contributed by atoms with E-state index >= 15 is 0 Å². The zero-order chi connectivity index (χ0) is 20.8. The molecule has 2 aromatic rings. The standard InChI is InChI=1S/C21H19FN2O5/c1-2-28-20(26)17-16(12-29-19(25)14-9-6-10-15(22)11-14)23-21(27)24-18(17)13-7-4-3-5-8-13/h3-11,18H,2,12H2,1H3,(H2,23,24,27)/t18-/m1/s1. The van der Waals surface area contributed by atoms with Crippen molar-refractivity contribution in [3.63, 3.8) is 0 Å². The van der Waals surface area contributed by atoms with Gasteiger partial charge in [-0.15, -0.1) is 0 Å². The summed E-state index contributed by atoms with van der Waals surface area (Å²) in [6, 6.07) is 12.6. The van der Waals surface area contributed by atoms with E-state index in [-0.39, 0.29) is 30.0 Å². The molecule has 0 fully saturated rings. The molecular formula is C21H19FN2O5. The summed E-state index contributed by atoms with van der Waals surface area (Å²) in [5, 5.41) is 5.18. The van der Waals surface area contributed by atoms with E-state index in [4.69, 9.17) is 9.47 Å². The van der Waals surface area contributed by atoms with Crippen molar-refractivity contribution in [1.82, 2.24) is 10.6 Å². The van der Waals surface area contributed by atoms with Gasteiger partial charge in [0.05, 0.1) is 29.5 Å². The van der Waals surface area contributed by atoms with Crippen LogP contribution in [0.5, 0.6) is 0 Å². The van der Waals surface area contributed by atoms with Crippen molar-refractivity contribution in [2.75, 3.05) is 13.2 Å². The highest BCUT2D eigenvalue weighted by Gasteiger charge is 2.34. The number of carbonyl (C=O) groups excluding carboxylic acids is 3. The Labute approximate surface area is 166 Å². The fraction of sp³-hybridized carbons (Fsp3) is 0.190. The van der Waals surface area contributed by atoms with Crippen LogP contribution in [0.3, 0.4) is 0 Å². The van der Waals surface area contributed by atoms with Crippen LogP contribution >= 0.6 is 0 Å². The van der Waals surface area contributed by atoms with Crippen LogP contribution in [-0.4, -0.2) is 31.2 Å². The molecule has 2 amide bonds. The van der Waals surface area contributed by atoms with Gasteiger partial charge in [0.25, 0.3) is 0 Å². The van der Waals surface area contributed by atoms with Crippen molar-refractivity contribution in [1.29, 1.82) is 0 Å². The van der Waals surface area contributed by atoms with E-state index in [1.807, 2.05) is 6.07 Å². The number of urea groups is 1. The molecule has 0 spiro atoms. The minimum atomic E-state index is -0.788. The number of carbonyl (C=O) groups is 3. The van der Waals surface area contributed by atoms with Crippen LogP contribution in [0.2, 0.25) is 0 Å². The van der Waals surface area contributed by atoms with E-state index in [0.717, 1.165) is 6.07 Å². The molecule has 0 saturated heterocycles. The van der Waals surface area contributed by atoms with E-state index in [9.17, 15) is 18.8 Å². The Kier molecular flexibility index (Phi) is 6.23. The van der Waals surface area contributed by atoms with Crippen LogP contribution in [0.25, 0.3) is 0 Å². The molecule has 0 aliphatic carbocycles. The normalized spacial score (nSPS) is 15.9. The van der Waals surface area contributed by atoms with Gasteiger partial charge in [-0.2, -0.15) is 0 Å². The van der Waals surface area contributed by atoms with E-state index in [0.29, 0.717) is 5.56 Å². The molecule has 1 atom stereocenters. The highest BCUT2D eigenvalue weighted by Crippen LogP contribution is 2.28. The predicted molar refractivity (Wildman–Crippen MR) is 101 cm³/mol. The van der Waals surface area contributed by atoms with Gasteiger partial charge in [0.15, 0.2) is 0 Å². The third kappa shape index (κ3) is 4.78. The molecule has 7 nitrogen and oxygen atoms in total. The lowest BCUT2D eigenvalue weighted by molar-refractivity contribution is -0.139. The summed E-state index contributed by atoms with van der Waals surface area (Å²) in [6.07, 6.45) is 0. The predicted octanol–water partition coefficient (Wildman–Crippen LogP) is 2.85. The van der Waals surface area contributed by atoms with Crippen LogP contribution in [-0.2, 0) is 14.3 Å². The van der Waals surface area contributed by atoms with E-state index in [2.05, 4.69) is 10.6 Å². The Morgan fingerprint density at radius 3 is 2.48 bits per heavy atom. The van der Waals surface area contributed by atoms with Crippen LogP contribution in [0.1, 0.15) is 28.9 Å². The summed E-state index contributed by atoms with van der Waals surface area (Å²) < 4.78 is 23.6. The minimum absolute atomic E-state index is 0.0168. The van der Waals surface area contributed by atoms with Gasteiger partial charge in [-0.25, -0.2) is 18.8 Å². The van der Waals surface area contributed by atoms with Crippen molar-refractivity contribution < 1.29 is 28.2 Å². The fourth-order valence-corrected chi connectivity index (χ4v) is 2.91. The van der Waals surface area contributed by atoms with Crippen LogP contribution in [0.4, 0.5) is 9.18 Å². The highest BCUT2D eigenvalue weighted by atomic mass is 19.1. The number of rotatable bonds is 6. The second-order valence-electron chi connectivity index (χ2n) is 6.14. The number of hydrogen-bond donors (Lipinski definition) is 2. The average molecular weight is 398 g/mol. The molecule has 0 unspecified atom stereocenters. The van der Waals surface area contributed by atoms with Crippen molar-refractivity contribution >= 4 is 18.0 Å². The molecule has 150 valence electrons. The Balaban J connectivity index is 1.91. The first-order valence-corrected chi connectivity index (χ1v) is 8.95. The summed E-state index contributed by atoms with van der Waals surface area (Å²) >= 11 is 0. The number of halogens is 1. The number of benzene rings is 2. The maximum Gasteiger partial charge on any atom is 0.338 e. The molecule has 2 aromatic carbocycles. The highest BCUT2D eigenvalue weighted by molar-refractivity contribution is 5.95. The third-order valence-corrected chi connectivity index (χ3v) is 4.19. The Hall–Kier alpha value is -3.68. The molecule has 2 N–H and O–H groups in total. The van der Waals surface area contributed by atoms with Gasteiger partial charge in [-0.1, -0.05) is 36.4 Å². The van der Waals surface area contributed by atoms with Gasteiger partial charge in [0.1, 0.15) is 12.4 Å². The third-order valence-electron chi connectivity index (χ3n) is 4.19. The first-order valence-electron chi connectivity index (χ1n) is 8.95. The average Bonchev–Trinajstić information content (AvgIpc) is 2.72. The lowest BCUT2D eigenvalue weighted by Crippen LogP contribution is -2.47. The number of nitrogens with one attached hydrogen (secondary N) is 2. The van der Waals surface area contributed by atoms with Crippen molar-refractivity contribution in [2.24, 2.45) is 0 Å². The van der Waals surface area contributed by atoms with Crippen LogP contribution < -0.4 is 10.6 Å². The second kappa shape index (κ2) is 9.01. The molecular weight excluding hydrogens is 379 g/mol. The van der Waals surface area contributed by atoms with Crippen LogP contribution in [0.15, 0.2) is 65.9 Å². The zero-order valence-electron chi connectivity index (χ0n) is 15.6. The van der Waals surface area contributed by atoms with Crippen molar-refractivity contribution in [3.05, 3.63) is 82.8 Å². The molecule has 1 aliphatic heterocycles. The Morgan fingerprint density at radius 2 is 1.79 bits per heavy atom. The van der Waals surface area contributed by atoms with Gasteiger partial charge in [-0.05, 0) is 30.7 Å². The van der Waals surface area contributed by atoms with Gasteiger partial charge in [0.2, 0.25) is 0 Å². The first-order chi connectivity index (χ1) is 14.0. The van der Waals surface area contributed by atoms with Gasteiger partial charge >= 0.3 is 18.0 Å². The number of amides is 2. The number of esters is 2. The van der Waals surface area contributed by atoms with Crippen LogP contribution in [0, 0.1) is 5.82 Å². The van der Waals surface area contributed by atoms with E-state index in [1.165, 1.54) is 18.2 Å². The summed E-state index contributed by atoms with van der Waals surface area (Å²) in [4.78, 5) is 37.0. The van der Waals surface area contributed by atoms with Crippen molar-refractivity contribution in [3.8, 4) is 0 Å². The van der Waals surface area contributed by atoms with E-state index < -0.39 is 29.8 Å². The molecule has 1 aliphatic rings. The van der Waals surface area contributed by atoms with Gasteiger partial charge in [0, 0.05) is 0 Å². The molecule has 1 heterocycles. The SMILES string of the molecule is CCOC(=O)C1=C(COC(=O)c2cccc(F)c2)NC(=O)N[C@@H]1c1ccccc1. The largest absolute Gasteiger partial charge is 0.463 e. The lowest BCUT2D eigenvalue weighted by Gasteiger charge is -2.29. The number of ether oxygens (including phenoxy) is 2. The fourth-order valence-electron chi connectivity index (χ4n) is 2.91. The summed E-state index contributed by atoms with van der Waals surface area (Å²) in [6.45, 7) is 1.41. The molecule has 8 heteroatoms. The topological polar surface area (TPSA) is 93.7 Å². The molecule has 0 radical (unpaired) electrons. The van der Waals surface area contributed by atoms with Gasteiger partial charge in [-0.3, -0.25) is 0 Å². The number of hydrogen-bond acceptors (Lipinski definition) is 5. The van der Waals surface area contributed by atoms with E-state index in [1.54, 1.807) is 31.2 Å². The molecule has 0 saturated carbocycles. The zero-order valence-corrected chi connectivity index (χ0v) is 15.6. The Morgan fingerprint density at radius 1 is 1.03 bits per heavy atom. The lowest BCUT2D eigenvalue weighted by atomic mass is 9.95. The smallest absolute Gasteiger partial charge is 0.338 e. The Bertz CT molecular complexity index is 959. The quantitative estimate of drug-likeness (QED) is 0.730. The van der Waals surface area contributed by atoms with Gasteiger partial charge < -0.3 is 20.1 Å².